The van der Waals surface area contributed by atoms with Gasteiger partial charge in [0.15, 0.2) is 0 Å². The molecule has 0 saturated carbocycles. The molecular formula is C24H32N4O4. The highest BCUT2D eigenvalue weighted by Crippen LogP contribution is 2.17. The molecule has 0 atom stereocenters. The summed E-state index contributed by atoms with van der Waals surface area (Å²) < 4.78 is 0. The van der Waals surface area contributed by atoms with Crippen molar-refractivity contribution in [1.29, 1.82) is 0 Å². The van der Waals surface area contributed by atoms with Gasteiger partial charge >= 0.3 is 0 Å². The molecule has 0 aliphatic heterocycles. The predicted octanol–water partition coefficient (Wildman–Crippen LogP) is 4.04. The molecule has 0 bridgehead atoms. The van der Waals surface area contributed by atoms with Gasteiger partial charge in [-0.3, -0.25) is 4.79 Å². The van der Waals surface area contributed by atoms with Crippen molar-refractivity contribution < 1.29 is 19.3 Å². The van der Waals surface area contributed by atoms with Gasteiger partial charge in [0.1, 0.15) is 20.8 Å². The van der Waals surface area contributed by atoms with Crippen LogP contribution in [0.25, 0.3) is 0 Å². The van der Waals surface area contributed by atoms with Gasteiger partial charge in [-0.25, -0.2) is 0 Å². The molecular weight excluding hydrogens is 408 g/mol. The van der Waals surface area contributed by atoms with Crippen molar-refractivity contribution in [3.05, 3.63) is 70.3 Å². The minimum Gasteiger partial charge on any atom is -0.399 e. The lowest BCUT2D eigenvalue weighted by molar-refractivity contribution is -0.109. The third kappa shape index (κ3) is 8.22. The average molecular weight is 441 g/mol. The van der Waals surface area contributed by atoms with E-state index in [1.165, 1.54) is 14.2 Å². The smallest absolute Gasteiger partial charge is 0.206 e. The summed E-state index contributed by atoms with van der Waals surface area (Å²) in [5.41, 5.74) is 7.55. The highest BCUT2D eigenvalue weighted by molar-refractivity contribution is 6.02. The van der Waals surface area contributed by atoms with Gasteiger partial charge in [0, 0.05) is 18.2 Å². The standard InChI is InChI=1S/C22H27N3O3.C2H5NO/c1-15-8-7-9-21(18(4)24-27-6)22(15)14-28-25-17(3)20-12-10-19(11-13-20)16(2)23-26-5;1-3-2-4/h7-13H,14H2,1-6H3;2H,1H3,(H,3,4)/b23-16+,24-18-,25-17+;. The van der Waals surface area contributed by atoms with E-state index in [4.69, 9.17) is 19.3 Å². The minimum atomic E-state index is 0.355. The Morgan fingerprint density at radius 1 is 0.875 bits per heavy atom. The van der Waals surface area contributed by atoms with E-state index in [1.54, 1.807) is 7.05 Å². The number of carbonyl (C=O) groups excluding carboxylic acids is 1. The van der Waals surface area contributed by atoms with Crippen LogP contribution in [0, 0.1) is 6.92 Å². The molecule has 8 heteroatoms. The third-order valence-corrected chi connectivity index (χ3v) is 4.51. The van der Waals surface area contributed by atoms with Gasteiger partial charge in [0.25, 0.3) is 0 Å². The first-order valence-corrected chi connectivity index (χ1v) is 10.0. The number of aryl methyl sites for hydroxylation is 1. The molecule has 0 aliphatic carbocycles. The quantitative estimate of drug-likeness (QED) is 0.362. The van der Waals surface area contributed by atoms with Gasteiger partial charge in [-0.2, -0.15) is 0 Å². The molecule has 0 aliphatic rings. The van der Waals surface area contributed by atoms with E-state index in [0.29, 0.717) is 13.0 Å². The molecule has 0 saturated heterocycles. The van der Waals surface area contributed by atoms with Crippen molar-refractivity contribution in [2.75, 3.05) is 21.3 Å². The first kappa shape index (κ1) is 26.4. The second-order valence-electron chi connectivity index (χ2n) is 6.75. The van der Waals surface area contributed by atoms with Gasteiger partial charge in [-0.15, -0.1) is 0 Å². The Bertz CT molecular complexity index is 951. The summed E-state index contributed by atoms with van der Waals surface area (Å²) >= 11 is 0. The van der Waals surface area contributed by atoms with Crippen LogP contribution in [0.5, 0.6) is 0 Å². The maximum Gasteiger partial charge on any atom is 0.206 e. The number of amides is 1. The minimum absolute atomic E-state index is 0.355. The van der Waals surface area contributed by atoms with Gasteiger partial charge in [-0.05, 0) is 44.4 Å². The zero-order valence-electron chi connectivity index (χ0n) is 19.8. The van der Waals surface area contributed by atoms with E-state index in [2.05, 4.69) is 20.8 Å². The Morgan fingerprint density at radius 2 is 1.38 bits per heavy atom. The van der Waals surface area contributed by atoms with Crippen LogP contribution in [-0.4, -0.2) is 44.8 Å². The second-order valence-corrected chi connectivity index (χ2v) is 6.75. The third-order valence-electron chi connectivity index (χ3n) is 4.51. The van der Waals surface area contributed by atoms with Crippen LogP contribution in [0.1, 0.15) is 48.6 Å². The first-order chi connectivity index (χ1) is 15.4. The molecule has 2 rings (SSSR count). The van der Waals surface area contributed by atoms with Crippen molar-refractivity contribution >= 4 is 23.5 Å². The second kappa shape index (κ2) is 14.3. The Balaban J connectivity index is 0.00000118. The summed E-state index contributed by atoms with van der Waals surface area (Å²) in [4.78, 5) is 24.4. The Kier molecular flexibility index (Phi) is 11.8. The van der Waals surface area contributed by atoms with Gasteiger partial charge in [0.05, 0.1) is 17.1 Å². The number of nitrogens with zero attached hydrogens (tertiary/aromatic N) is 3. The fraction of sp³-hybridized carbons (Fsp3) is 0.333. The molecule has 0 heterocycles. The number of nitrogens with one attached hydrogen (secondary N) is 1. The van der Waals surface area contributed by atoms with Crippen LogP contribution in [0.3, 0.4) is 0 Å². The van der Waals surface area contributed by atoms with Crippen LogP contribution < -0.4 is 5.32 Å². The zero-order valence-corrected chi connectivity index (χ0v) is 19.8. The monoisotopic (exact) mass is 440 g/mol. The van der Waals surface area contributed by atoms with Crippen molar-refractivity contribution in [1.82, 2.24) is 5.32 Å². The van der Waals surface area contributed by atoms with Gasteiger partial charge in [0.2, 0.25) is 6.41 Å². The SMILES string of the molecule is CNC=O.CO/N=C(/C)c1cccc(C)c1CO/N=C(\C)c1ccc(/C(C)=N/OC)cc1. The molecule has 0 spiro atoms. The summed E-state index contributed by atoms with van der Waals surface area (Å²) in [6.45, 7) is 8.13. The summed E-state index contributed by atoms with van der Waals surface area (Å²) in [5, 5.41) is 14.5. The van der Waals surface area contributed by atoms with Crippen LogP contribution in [0.2, 0.25) is 0 Å². The first-order valence-electron chi connectivity index (χ1n) is 10.0. The summed E-state index contributed by atoms with van der Waals surface area (Å²) in [5.74, 6) is 0. The van der Waals surface area contributed by atoms with E-state index in [1.807, 2.05) is 70.2 Å². The van der Waals surface area contributed by atoms with Crippen LogP contribution in [-0.2, 0) is 25.9 Å². The number of hydrogen-bond donors (Lipinski definition) is 1. The molecule has 0 radical (unpaired) electrons. The molecule has 8 nitrogen and oxygen atoms in total. The summed E-state index contributed by atoms with van der Waals surface area (Å²) in [7, 11) is 4.64. The van der Waals surface area contributed by atoms with E-state index >= 15 is 0 Å². The lowest BCUT2D eigenvalue weighted by Crippen LogP contribution is -2.05. The van der Waals surface area contributed by atoms with Gasteiger partial charge < -0.3 is 19.8 Å². The lowest BCUT2D eigenvalue weighted by atomic mass is 10.00. The van der Waals surface area contributed by atoms with Crippen molar-refractivity contribution in [3.63, 3.8) is 0 Å². The number of oxime groups is 3. The fourth-order valence-corrected chi connectivity index (χ4v) is 2.81. The maximum absolute atomic E-state index is 9.06. The molecule has 2 aromatic carbocycles. The average Bonchev–Trinajstić information content (AvgIpc) is 2.80. The molecule has 2 aromatic rings. The Hall–Kier alpha value is -3.68. The Labute approximate surface area is 189 Å². The van der Waals surface area contributed by atoms with E-state index in [0.717, 1.165) is 45.0 Å². The van der Waals surface area contributed by atoms with Crippen LogP contribution >= 0.6 is 0 Å². The highest BCUT2D eigenvalue weighted by atomic mass is 16.6. The summed E-state index contributed by atoms with van der Waals surface area (Å²) in [6.07, 6.45) is 0.625. The van der Waals surface area contributed by atoms with Crippen molar-refractivity contribution in [3.8, 4) is 0 Å². The lowest BCUT2D eigenvalue weighted by Gasteiger charge is -2.11. The number of benzene rings is 2. The van der Waals surface area contributed by atoms with Crippen molar-refractivity contribution in [2.45, 2.75) is 34.3 Å². The number of rotatable bonds is 9. The number of carbonyl (C=O) groups is 1. The Morgan fingerprint density at radius 3 is 1.88 bits per heavy atom. The zero-order chi connectivity index (χ0) is 23.9. The molecule has 172 valence electrons. The normalized spacial score (nSPS) is 11.8. The van der Waals surface area contributed by atoms with Crippen LogP contribution in [0.15, 0.2) is 57.9 Å². The highest BCUT2D eigenvalue weighted by Gasteiger charge is 2.10. The van der Waals surface area contributed by atoms with E-state index in [-0.39, 0.29) is 0 Å². The molecule has 32 heavy (non-hydrogen) atoms. The molecule has 0 fully saturated rings. The fourth-order valence-electron chi connectivity index (χ4n) is 2.81. The molecule has 0 unspecified atom stereocenters. The topological polar surface area (TPSA) is 93.9 Å². The molecule has 0 aromatic heterocycles. The van der Waals surface area contributed by atoms with Crippen molar-refractivity contribution in [2.24, 2.45) is 15.5 Å². The van der Waals surface area contributed by atoms with E-state index in [9.17, 15) is 0 Å². The molecule has 1 amide bonds. The van der Waals surface area contributed by atoms with Gasteiger partial charge in [-0.1, -0.05) is 57.9 Å². The largest absolute Gasteiger partial charge is 0.399 e. The predicted molar refractivity (Wildman–Crippen MR) is 128 cm³/mol. The maximum atomic E-state index is 9.06. The van der Waals surface area contributed by atoms with E-state index < -0.39 is 0 Å². The summed E-state index contributed by atoms with van der Waals surface area (Å²) in [6, 6.07) is 14.0. The number of hydrogen-bond acceptors (Lipinski definition) is 7. The van der Waals surface area contributed by atoms with Crippen LogP contribution in [0.4, 0.5) is 0 Å². The molecule has 1 N–H and O–H groups in total.